The summed E-state index contributed by atoms with van der Waals surface area (Å²) in [6.07, 6.45) is 3.15. The summed E-state index contributed by atoms with van der Waals surface area (Å²) in [7, 11) is 0. The second-order valence-electron chi connectivity index (χ2n) is 2.62. The van der Waals surface area contributed by atoms with Crippen LogP contribution in [0.1, 0.15) is 0 Å². The first kappa shape index (κ1) is 12.7. The zero-order valence-corrected chi connectivity index (χ0v) is 12.2. The first-order chi connectivity index (χ1) is 7.42. The fourth-order valence-electron chi connectivity index (χ4n) is 1.26. The van der Waals surface area contributed by atoms with Gasteiger partial charge >= 0.3 is 0 Å². The number of hydrogen-bond donors (Lipinski definition) is 0. The summed E-state index contributed by atoms with van der Waals surface area (Å²) in [5.41, 5.74) is 0.866. The van der Waals surface area contributed by atoms with Crippen LogP contribution in [0.5, 0.6) is 5.75 Å². The lowest BCUT2D eigenvalue weighted by Gasteiger charge is -2.02. The van der Waals surface area contributed by atoms with E-state index >= 15 is 0 Å². The third kappa shape index (κ3) is 3.30. The molecule has 0 aliphatic rings. The molecule has 0 atom stereocenters. The highest BCUT2D eigenvalue weighted by Gasteiger charge is 1.99. The monoisotopic (exact) mass is 425 g/mol. The molecule has 2 nitrogen and oxygen atoms in total. The lowest BCUT2D eigenvalue weighted by molar-refractivity contribution is 0.488. The molecule has 0 unspecified atom stereocenters. The van der Waals surface area contributed by atoms with E-state index in [2.05, 4.69) is 48.8 Å². The number of benzene rings is 1. The fraction of sp³-hybridized carbons (Fsp3) is 0. The van der Waals surface area contributed by atoms with Crippen LogP contribution < -0.4 is 4.74 Å². The molecular weight excluding hydrogens is 416 g/mol. The maximum absolute atomic E-state index is 5.22. The van der Waals surface area contributed by atoms with Crippen LogP contribution in [0.2, 0.25) is 0 Å². The average molecular weight is 425 g/mol. The third-order valence-electron chi connectivity index (χ3n) is 1.81. The molecular formula is C11H9I2NO. The van der Waals surface area contributed by atoms with Crippen molar-refractivity contribution in [2.75, 3.05) is 0 Å². The topological polar surface area (TPSA) is 22.1 Å². The second-order valence-corrected chi connectivity index (χ2v) is 2.62. The molecule has 1 heterocycles. The van der Waals surface area contributed by atoms with E-state index in [-0.39, 0.29) is 0 Å². The zero-order chi connectivity index (χ0) is 11.1. The number of halogens is 2. The van der Waals surface area contributed by atoms with Crippen molar-refractivity contribution in [2.24, 2.45) is 0 Å². The maximum Gasteiger partial charge on any atom is 0.152 e. The van der Waals surface area contributed by atoms with E-state index in [1.54, 1.807) is 6.20 Å². The van der Waals surface area contributed by atoms with Crippen LogP contribution in [0, 0.1) is 0 Å². The Balaban J connectivity index is 0.000000531. The van der Waals surface area contributed by atoms with Crippen molar-refractivity contribution in [3.05, 3.63) is 49.4 Å². The average Bonchev–Trinajstić information content (AvgIpc) is 2.33. The number of fused-ring (bicyclic) bond motifs is 1. The molecule has 1 aromatic heterocycles. The first-order valence-corrected chi connectivity index (χ1v) is 10.5. The molecule has 78 valence electrons. The summed E-state index contributed by atoms with van der Waals surface area (Å²) >= 11 is 4.24. The SMILES string of the molecule is C=COc1cccc2cccnc12.II. The van der Waals surface area contributed by atoms with Gasteiger partial charge < -0.3 is 4.74 Å². The Bertz CT molecular complexity index is 440. The van der Waals surface area contributed by atoms with Crippen LogP contribution >= 0.6 is 37.2 Å². The smallest absolute Gasteiger partial charge is 0.152 e. The molecule has 2 rings (SSSR count). The molecule has 0 amide bonds. The van der Waals surface area contributed by atoms with Gasteiger partial charge in [-0.15, -0.1) is 0 Å². The summed E-state index contributed by atoms with van der Waals surface area (Å²) in [4.78, 5) is 4.23. The van der Waals surface area contributed by atoms with Gasteiger partial charge in [-0.1, -0.05) is 24.8 Å². The molecule has 0 radical (unpaired) electrons. The van der Waals surface area contributed by atoms with Crippen molar-refractivity contribution in [3.63, 3.8) is 0 Å². The largest absolute Gasteiger partial charge is 0.463 e. The van der Waals surface area contributed by atoms with Crippen LogP contribution in [0.15, 0.2) is 49.4 Å². The molecule has 0 bridgehead atoms. The van der Waals surface area contributed by atoms with E-state index in [1.165, 1.54) is 6.26 Å². The Labute approximate surface area is 112 Å². The van der Waals surface area contributed by atoms with Crippen molar-refractivity contribution in [1.82, 2.24) is 4.98 Å². The van der Waals surface area contributed by atoms with Gasteiger partial charge in [0.25, 0.3) is 0 Å². The van der Waals surface area contributed by atoms with E-state index < -0.39 is 0 Å². The van der Waals surface area contributed by atoms with E-state index in [1.807, 2.05) is 30.3 Å². The molecule has 0 spiro atoms. The van der Waals surface area contributed by atoms with Crippen molar-refractivity contribution in [3.8, 4) is 5.75 Å². The highest BCUT2D eigenvalue weighted by atomic mass is 128. The molecule has 0 fully saturated rings. The van der Waals surface area contributed by atoms with Gasteiger partial charge in [-0.25, -0.2) is 0 Å². The first-order valence-electron chi connectivity index (χ1n) is 4.17. The summed E-state index contributed by atoms with van der Waals surface area (Å²) in [6.45, 7) is 3.51. The number of ether oxygens (including phenoxy) is 1. The Kier molecular flexibility index (Phi) is 5.92. The number of rotatable bonds is 2. The van der Waals surface area contributed by atoms with Crippen LogP contribution in [0.25, 0.3) is 10.9 Å². The Morgan fingerprint density at radius 1 is 1.20 bits per heavy atom. The second kappa shape index (κ2) is 7.00. The van der Waals surface area contributed by atoms with Crippen molar-refractivity contribution in [1.29, 1.82) is 0 Å². The molecule has 0 N–H and O–H groups in total. The van der Waals surface area contributed by atoms with Crippen LogP contribution in [-0.2, 0) is 0 Å². The molecule has 0 saturated heterocycles. The van der Waals surface area contributed by atoms with Crippen molar-refractivity contribution >= 4 is 48.1 Å². The molecule has 4 heteroatoms. The maximum atomic E-state index is 5.22. The summed E-state index contributed by atoms with van der Waals surface area (Å²) in [5, 5.41) is 1.07. The van der Waals surface area contributed by atoms with Gasteiger partial charge in [0.05, 0.1) is 6.26 Å². The van der Waals surface area contributed by atoms with E-state index in [0.29, 0.717) is 0 Å². The molecule has 0 aliphatic carbocycles. The van der Waals surface area contributed by atoms with Gasteiger partial charge in [-0.2, -0.15) is 0 Å². The number of hydrogen-bond acceptors (Lipinski definition) is 2. The predicted molar refractivity (Wildman–Crippen MR) is 80.6 cm³/mol. The zero-order valence-electron chi connectivity index (χ0n) is 7.86. The number of para-hydroxylation sites is 1. The Morgan fingerprint density at radius 2 is 1.93 bits per heavy atom. The van der Waals surface area contributed by atoms with Crippen LogP contribution in [0.4, 0.5) is 0 Å². The standard InChI is InChI=1S/C11H9NO.I2/c1-2-13-10-7-3-5-9-6-4-8-12-11(9)10;1-2/h2-8H,1H2;. The molecule has 0 aliphatic heterocycles. The summed E-state index contributed by atoms with van der Waals surface area (Å²) < 4.78 is 5.22. The van der Waals surface area contributed by atoms with Gasteiger partial charge in [0.1, 0.15) is 5.52 Å². The Morgan fingerprint density at radius 3 is 2.67 bits per heavy atom. The molecule has 1 aromatic carbocycles. The Hall–Kier alpha value is -0.370. The van der Waals surface area contributed by atoms with E-state index in [4.69, 9.17) is 4.74 Å². The highest BCUT2D eigenvalue weighted by Crippen LogP contribution is 2.22. The molecule has 15 heavy (non-hydrogen) atoms. The van der Waals surface area contributed by atoms with Gasteiger partial charge in [-0.3, -0.25) is 4.98 Å². The van der Waals surface area contributed by atoms with Gasteiger partial charge in [-0.05, 0) is 12.1 Å². The number of nitrogens with zero attached hydrogens (tertiary/aromatic N) is 1. The summed E-state index contributed by atoms with van der Waals surface area (Å²) in [5.74, 6) is 0.744. The highest BCUT2D eigenvalue weighted by molar-refractivity contribution is 15.0. The lowest BCUT2D eigenvalue weighted by atomic mass is 10.2. The normalized spacial score (nSPS) is 8.93. The lowest BCUT2D eigenvalue weighted by Crippen LogP contribution is -1.84. The van der Waals surface area contributed by atoms with Crippen molar-refractivity contribution < 1.29 is 4.74 Å². The van der Waals surface area contributed by atoms with Crippen molar-refractivity contribution in [2.45, 2.75) is 0 Å². The molecule has 2 aromatic rings. The molecule has 0 saturated carbocycles. The third-order valence-corrected chi connectivity index (χ3v) is 1.81. The van der Waals surface area contributed by atoms with Gasteiger partial charge in [0, 0.05) is 48.8 Å². The minimum absolute atomic E-state index is 0.744. The van der Waals surface area contributed by atoms with Gasteiger partial charge in [0.15, 0.2) is 5.75 Å². The van der Waals surface area contributed by atoms with Gasteiger partial charge in [0.2, 0.25) is 0 Å². The number of pyridine rings is 1. The quantitative estimate of drug-likeness (QED) is 0.522. The van der Waals surface area contributed by atoms with E-state index in [9.17, 15) is 0 Å². The fourth-order valence-corrected chi connectivity index (χ4v) is 1.26. The van der Waals surface area contributed by atoms with E-state index in [0.717, 1.165) is 16.7 Å². The minimum atomic E-state index is 0.744. The number of aromatic nitrogens is 1. The predicted octanol–water partition coefficient (Wildman–Crippen LogP) is 4.53. The summed E-state index contributed by atoms with van der Waals surface area (Å²) in [6, 6.07) is 9.70. The van der Waals surface area contributed by atoms with Crippen LogP contribution in [0.3, 0.4) is 0 Å². The minimum Gasteiger partial charge on any atom is -0.463 e. The van der Waals surface area contributed by atoms with Crippen LogP contribution in [-0.4, -0.2) is 4.98 Å².